The molecule has 1 amide bonds. The van der Waals surface area contributed by atoms with Gasteiger partial charge in [-0.25, -0.2) is 0 Å². The molecule has 5 nitrogen and oxygen atoms in total. The maximum absolute atomic E-state index is 12.3. The van der Waals surface area contributed by atoms with E-state index in [9.17, 15) is 4.79 Å². The van der Waals surface area contributed by atoms with Gasteiger partial charge in [-0.15, -0.1) is 0 Å². The Kier molecular flexibility index (Phi) is 6.58. The molecule has 0 bridgehead atoms. The first-order valence-corrected chi connectivity index (χ1v) is 9.76. The van der Waals surface area contributed by atoms with Gasteiger partial charge in [-0.3, -0.25) is 4.79 Å². The van der Waals surface area contributed by atoms with E-state index in [1.165, 1.54) is 24.9 Å². The molecule has 144 valence electrons. The Morgan fingerprint density at radius 1 is 1.04 bits per heavy atom. The second-order valence-corrected chi connectivity index (χ2v) is 7.16. The Bertz CT molecular complexity index is 737. The van der Waals surface area contributed by atoms with Crippen LogP contribution in [0.1, 0.15) is 33.1 Å². The van der Waals surface area contributed by atoms with Crippen molar-refractivity contribution in [3.63, 3.8) is 0 Å². The zero-order valence-electron chi connectivity index (χ0n) is 16.2. The van der Waals surface area contributed by atoms with Crippen LogP contribution in [0.3, 0.4) is 0 Å². The first kappa shape index (κ1) is 19.1. The fourth-order valence-electron chi connectivity index (χ4n) is 3.26. The van der Waals surface area contributed by atoms with Gasteiger partial charge in [0.05, 0.1) is 18.3 Å². The summed E-state index contributed by atoms with van der Waals surface area (Å²) < 4.78 is 5.77. The van der Waals surface area contributed by atoms with E-state index in [0.29, 0.717) is 0 Å². The van der Waals surface area contributed by atoms with Crippen molar-refractivity contribution in [3.8, 4) is 5.75 Å². The lowest BCUT2D eigenvalue weighted by molar-refractivity contribution is -0.114. The minimum Gasteiger partial charge on any atom is -0.489 e. The molecular weight excluding hydrogens is 338 g/mol. The van der Waals surface area contributed by atoms with Crippen molar-refractivity contribution in [1.82, 2.24) is 0 Å². The molecule has 2 N–H and O–H groups in total. The summed E-state index contributed by atoms with van der Waals surface area (Å²) in [6, 6.07) is 15.8. The minimum atomic E-state index is -0.0833. The van der Waals surface area contributed by atoms with Crippen molar-refractivity contribution in [2.24, 2.45) is 0 Å². The van der Waals surface area contributed by atoms with E-state index >= 15 is 0 Å². The lowest BCUT2D eigenvalue weighted by atomic mass is 10.1. The Hall–Kier alpha value is -2.69. The predicted molar refractivity (Wildman–Crippen MR) is 112 cm³/mol. The third kappa shape index (κ3) is 5.64. The summed E-state index contributed by atoms with van der Waals surface area (Å²) in [4.78, 5) is 14.7. The molecule has 0 spiro atoms. The van der Waals surface area contributed by atoms with Crippen LogP contribution in [-0.2, 0) is 4.79 Å². The molecule has 1 aliphatic heterocycles. The van der Waals surface area contributed by atoms with Gasteiger partial charge in [0.15, 0.2) is 0 Å². The number of para-hydroxylation sites is 2. The van der Waals surface area contributed by atoms with Crippen LogP contribution < -0.4 is 20.3 Å². The number of carbonyl (C=O) groups excluding carboxylic acids is 1. The van der Waals surface area contributed by atoms with Crippen LogP contribution in [0.2, 0.25) is 0 Å². The molecule has 1 saturated heterocycles. The van der Waals surface area contributed by atoms with E-state index in [1.807, 2.05) is 50.2 Å². The molecule has 1 fully saturated rings. The van der Waals surface area contributed by atoms with Gasteiger partial charge in [0.25, 0.3) is 0 Å². The molecule has 0 unspecified atom stereocenters. The molecular formula is C22H29N3O2. The summed E-state index contributed by atoms with van der Waals surface area (Å²) in [5, 5.41) is 6.10. The topological polar surface area (TPSA) is 53.6 Å². The van der Waals surface area contributed by atoms with Crippen LogP contribution in [0.15, 0.2) is 48.5 Å². The van der Waals surface area contributed by atoms with E-state index < -0.39 is 0 Å². The van der Waals surface area contributed by atoms with Gasteiger partial charge in [-0.05, 0) is 69.5 Å². The summed E-state index contributed by atoms with van der Waals surface area (Å²) in [6.45, 7) is 6.39. The maximum atomic E-state index is 12.3. The third-order valence-corrected chi connectivity index (χ3v) is 4.56. The second kappa shape index (κ2) is 9.31. The van der Waals surface area contributed by atoms with Crippen molar-refractivity contribution in [3.05, 3.63) is 48.5 Å². The Morgan fingerprint density at radius 2 is 1.74 bits per heavy atom. The quantitative estimate of drug-likeness (QED) is 0.756. The van der Waals surface area contributed by atoms with Gasteiger partial charge in [0.1, 0.15) is 5.75 Å². The van der Waals surface area contributed by atoms with E-state index in [0.717, 1.165) is 30.2 Å². The maximum Gasteiger partial charge on any atom is 0.243 e. The van der Waals surface area contributed by atoms with Gasteiger partial charge >= 0.3 is 0 Å². The number of amides is 1. The highest BCUT2D eigenvalue weighted by Gasteiger charge is 2.11. The molecule has 27 heavy (non-hydrogen) atoms. The Labute approximate surface area is 161 Å². The standard InChI is InChI=1S/C22H29N3O2/c1-17(2)27-21-9-5-4-8-20(21)23-16-22(26)24-18-10-12-19(13-11-18)25-14-6-3-7-15-25/h4-5,8-13,17,23H,3,6-7,14-16H2,1-2H3,(H,24,26). The number of rotatable bonds is 7. The Balaban J connectivity index is 1.52. The average Bonchev–Trinajstić information content (AvgIpc) is 2.68. The smallest absolute Gasteiger partial charge is 0.243 e. The van der Waals surface area contributed by atoms with Crippen LogP contribution in [0.4, 0.5) is 17.1 Å². The highest BCUT2D eigenvalue weighted by molar-refractivity contribution is 5.94. The summed E-state index contributed by atoms with van der Waals surface area (Å²) in [6.07, 6.45) is 3.92. The first-order valence-electron chi connectivity index (χ1n) is 9.76. The summed E-state index contributed by atoms with van der Waals surface area (Å²) in [7, 11) is 0. The van der Waals surface area contributed by atoms with Crippen molar-refractivity contribution in [2.45, 2.75) is 39.2 Å². The summed E-state index contributed by atoms with van der Waals surface area (Å²) in [5.74, 6) is 0.672. The number of ether oxygens (including phenoxy) is 1. The van der Waals surface area contributed by atoms with Crippen LogP contribution >= 0.6 is 0 Å². The van der Waals surface area contributed by atoms with Crippen LogP contribution in [-0.4, -0.2) is 31.6 Å². The number of hydrogen-bond acceptors (Lipinski definition) is 4. The highest BCUT2D eigenvalue weighted by Crippen LogP contribution is 2.25. The van der Waals surface area contributed by atoms with Crippen molar-refractivity contribution in [1.29, 1.82) is 0 Å². The number of carbonyl (C=O) groups is 1. The molecule has 0 atom stereocenters. The molecule has 0 saturated carbocycles. The lowest BCUT2D eigenvalue weighted by Gasteiger charge is -2.28. The third-order valence-electron chi connectivity index (χ3n) is 4.56. The second-order valence-electron chi connectivity index (χ2n) is 7.16. The van der Waals surface area contributed by atoms with Gasteiger partial charge in [-0.1, -0.05) is 12.1 Å². The lowest BCUT2D eigenvalue weighted by Crippen LogP contribution is -2.29. The fourth-order valence-corrected chi connectivity index (χ4v) is 3.26. The largest absolute Gasteiger partial charge is 0.489 e. The zero-order valence-corrected chi connectivity index (χ0v) is 16.2. The van der Waals surface area contributed by atoms with E-state index in [1.54, 1.807) is 0 Å². The number of piperidine rings is 1. The average molecular weight is 367 g/mol. The molecule has 1 heterocycles. The minimum absolute atomic E-state index is 0.0833. The molecule has 3 rings (SSSR count). The molecule has 1 aliphatic rings. The van der Waals surface area contributed by atoms with Crippen molar-refractivity contribution >= 4 is 23.0 Å². The molecule has 0 radical (unpaired) electrons. The SMILES string of the molecule is CC(C)Oc1ccccc1NCC(=O)Nc1ccc(N2CCCCC2)cc1. The number of hydrogen-bond donors (Lipinski definition) is 2. The van der Waals surface area contributed by atoms with Gasteiger partial charge in [0.2, 0.25) is 5.91 Å². The normalized spacial score (nSPS) is 14.1. The number of anilines is 3. The summed E-state index contributed by atoms with van der Waals surface area (Å²) in [5.41, 5.74) is 2.86. The highest BCUT2D eigenvalue weighted by atomic mass is 16.5. The molecule has 5 heteroatoms. The van der Waals surface area contributed by atoms with Crippen LogP contribution in [0.5, 0.6) is 5.75 Å². The summed E-state index contributed by atoms with van der Waals surface area (Å²) >= 11 is 0. The number of benzene rings is 2. The molecule has 2 aromatic rings. The predicted octanol–water partition coefficient (Wildman–Crippen LogP) is 4.51. The van der Waals surface area contributed by atoms with Crippen molar-refractivity contribution in [2.75, 3.05) is 35.2 Å². The van der Waals surface area contributed by atoms with Crippen molar-refractivity contribution < 1.29 is 9.53 Å². The van der Waals surface area contributed by atoms with Gasteiger partial charge < -0.3 is 20.3 Å². The monoisotopic (exact) mass is 367 g/mol. The van der Waals surface area contributed by atoms with Crippen LogP contribution in [0.25, 0.3) is 0 Å². The van der Waals surface area contributed by atoms with Crippen LogP contribution in [0, 0.1) is 0 Å². The van der Waals surface area contributed by atoms with Gasteiger partial charge in [0, 0.05) is 24.5 Å². The molecule has 0 aliphatic carbocycles. The van der Waals surface area contributed by atoms with Gasteiger partial charge in [-0.2, -0.15) is 0 Å². The number of nitrogens with zero attached hydrogens (tertiary/aromatic N) is 1. The van der Waals surface area contributed by atoms with E-state index in [4.69, 9.17) is 4.74 Å². The Morgan fingerprint density at radius 3 is 2.44 bits per heavy atom. The fraction of sp³-hybridized carbons (Fsp3) is 0.409. The zero-order chi connectivity index (χ0) is 19.1. The molecule has 2 aromatic carbocycles. The number of nitrogens with one attached hydrogen (secondary N) is 2. The first-order chi connectivity index (χ1) is 13.1. The van der Waals surface area contributed by atoms with E-state index in [-0.39, 0.29) is 18.6 Å². The van der Waals surface area contributed by atoms with E-state index in [2.05, 4.69) is 27.7 Å². The molecule has 0 aromatic heterocycles.